The number of sulfonamides is 1. The Balaban J connectivity index is 1.71. The van der Waals surface area contributed by atoms with Gasteiger partial charge in [-0.3, -0.25) is 9.62 Å². The van der Waals surface area contributed by atoms with Gasteiger partial charge in [-0.25, -0.2) is 12.8 Å². The summed E-state index contributed by atoms with van der Waals surface area (Å²) in [5.41, 5.74) is 1.98. The number of hydrogen-bond acceptors (Lipinski definition) is 3. The van der Waals surface area contributed by atoms with Gasteiger partial charge < -0.3 is 0 Å². The molecule has 1 fully saturated rings. The van der Waals surface area contributed by atoms with Crippen LogP contribution in [-0.4, -0.2) is 26.4 Å². The molecule has 146 valence electrons. The van der Waals surface area contributed by atoms with Crippen molar-refractivity contribution in [2.24, 2.45) is 0 Å². The molecule has 1 aliphatic rings. The summed E-state index contributed by atoms with van der Waals surface area (Å²) >= 11 is 0. The molecule has 3 rings (SSSR count). The second-order valence-corrected chi connectivity index (χ2v) is 9.08. The molecule has 0 spiro atoms. The fourth-order valence-electron chi connectivity index (χ4n) is 3.73. The molecule has 4 nitrogen and oxygen atoms in total. The second-order valence-electron chi connectivity index (χ2n) is 7.36. The summed E-state index contributed by atoms with van der Waals surface area (Å²) < 4.78 is 41.2. The Bertz CT molecular complexity index is 864. The first kappa shape index (κ1) is 19.8. The van der Waals surface area contributed by atoms with Crippen molar-refractivity contribution in [1.29, 1.82) is 0 Å². The Morgan fingerprint density at radius 2 is 1.81 bits per heavy atom. The molecule has 0 atom stereocenters. The van der Waals surface area contributed by atoms with Gasteiger partial charge in [0.15, 0.2) is 0 Å². The largest absolute Gasteiger partial charge is 0.299 e. The summed E-state index contributed by atoms with van der Waals surface area (Å²) in [6.07, 6.45) is 6.22. The number of rotatable bonds is 7. The van der Waals surface area contributed by atoms with Crippen molar-refractivity contribution in [2.75, 3.05) is 11.8 Å². The van der Waals surface area contributed by atoms with Gasteiger partial charge in [0.05, 0.1) is 11.4 Å². The van der Waals surface area contributed by atoms with Crippen LogP contribution >= 0.6 is 0 Å². The maximum absolute atomic E-state index is 13.3. The van der Waals surface area contributed by atoms with E-state index < -0.39 is 15.8 Å². The van der Waals surface area contributed by atoms with E-state index in [9.17, 15) is 12.8 Å². The number of nitrogens with one attached hydrogen (secondary N) is 1. The molecular weight excluding hydrogens is 363 g/mol. The summed E-state index contributed by atoms with van der Waals surface area (Å²) in [6, 6.07) is 13.7. The Hall–Kier alpha value is -1.92. The summed E-state index contributed by atoms with van der Waals surface area (Å²) in [6.45, 7) is 0.698. The number of anilines is 1. The van der Waals surface area contributed by atoms with E-state index in [4.69, 9.17) is 0 Å². The summed E-state index contributed by atoms with van der Waals surface area (Å²) in [5.74, 6) is -0.686. The molecule has 1 saturated carbocycles. The SMILES string of the molecule is CN(Cc1ccccc1NS(=O)(=O)Cc1cccc(F)c1)C1CCCCC1. The molecule has 0 unspecified atom stereocenters. The summed E-state index contributed by atoms with van der Waals surface area (Å²) in [4.78, 5) is 2.32. The van der Waals surface area contributed by atoms with Crippen LogP contribution in [0.15, 0.2) is 48.5 Å². The first-order valence-electron chi connectivity index (χ1n) is 9.46. The molecule has 6 heteroatoms. The topological polar surface area (TPSA) is 49.4 Å². The van der Waals surface area contributed by atoms with Crippen molar-refractivity contribution in [3.63, 3.8) is 0 Å². The van der Waals surface area contributed by atoms with E-state index in [1.807, 2.05) is 18.2 Å². The van der Waals surface area contributed by atoms with E-state index in [1.54, 1.807) is 12.1 Å². The highest BCUT2D eigenvalue weighted by Gasteiger charge is 2.20. The van der Waals surface area contributed by atoms with Gasteiger partial charge in [0.1, 0.15) is 5.82 Å². The number of halogens is 1. The Morgan fingerprint density at radius 1 is 1.07 bits per heavy atom. The fraction of sp³-hybridized carbons (Fsp3) is 0.429. The molecule has 0 aliphatic heterocycles. The maximum Gasteiger partial charge on any atom is 0.236 e. The minimum Gasteiger partial charge on any atom is -0.299 e. The van der Waals surface area contributed by atoms with Gasteiger partial charge in [0, 0.05) is 12.6 Å². The standard InChI is InChI=1S/C21H27FN2O2S/c1-24(20-11-3-2-4-12-20)15-18-9-5-6-13-21(18)23-27(25,26)16-17-8-7-10-19(22)14-17/h5-10,13-14,20,23H,2-4,11-12,15-16H2,1H3. The minimum atomic E-state index is -3.62. The molecule has 0 heterocycles. The quantitative estimate of drug-likeness (QED) is 0.755. The zero-order chi connectivity index (χ0) is 19.3. The minimum absolute atomic E-state index is 0.252. The lowest BCUT2D eigenvalue weighted by atomic mass is 9.94. The zero-order valence-corrected chi connectivity index (χ0v) is 16.5. The van der Waals surface area contributed by atoms with Gasteiger partial charge >= 0.3 is 0 Å². The third kappa shape index (κ3) is 5.78. The van der Waals surface area contributed by atoms with Crippen LogP contribution in [0.1, 0.15) is 43.2 Å². The predicted molar refractivity (Wildman–Crippen MR) is 107 cm³/mol. The number of para-hydroxylation sites is 1. The smallest absolute Gasteiger partial charge is 0.236 e. The van der Waals surface area contributed by atoms with Gasteiger partial charge in [-0.15, -0.1) is 0 Å². The van der Waals surface area contributed by atoms with E-state index in [2.05, 4.69) is 16.7 Å². The maximum atomic E-state index is 13.3. The average Bonchev–Trinajstić information content (AvgIpc) is 2.63. The molecule has 0 amide bonds. The zero-order valence-electron chi connectivity index (χ0n) is 15.7. The highest BCUT2D eigenvalue weighted by atomic mass is 32.2. The van der Waals surface area contributed by atoms with Crippen molar-refractivity contribution in [3.8, 4) is 0 Å². The second kappa shape index (κ2) is 8.85. The molecule has 2 aromatic rings. The van der Waals surface area contributed by atoms with Crippen molar-refractivity contribution in [2.45, 2.75) is 50.4 Å². The van der Waals surface area contributed by atoms with Crippen molar-refractivity contribution in [1.82, 2.24) is 4.90 Å². The Morgan fingerprint density at radius 3 is 2.56 bits per heavy atom. The Kier molecular flexibility index (Phi) is 6.50. The van der Waals surface area contributed by atoms with Crippen LogP contribution in [0.5, 0.6) is 0 Å². The summed E-state index contributed by atoms with van der Waals surface area (Å²) in [5, 5.41) is 0. The van der Waals surface area contributed by atoms with Gasteiger partial charge in [0.2, 0.25) is 10.0 Å². The molecule has 2 aromatic carbocycles. The number of benzene rings is 2. The van der Waals surface area contributed by atoms with Crippen LogP contribution in [0.3, 0.4) is 0 Å². The molecule has 0 aromatic heterocycles. The van der Waals surface area contributed by atoms with E-state index >= 15 is 0 Å². The van der Waals surface area contributed by atoms with Crippen molar-refractivity contribution >= 4 is 15.7 Å². The van der Waals surface area contributed by atoms with E-state index in [1.165, 1.54) is 50.3 Å². The monoisotopic (exact) mass is 390 g/mol. The molecule has 0 saturated heterocycles. The third-order valence-electron chi connectivity index (χ3n) is 5.15. The molecule has 27 heavy (non-hydrogen) atoms. The van der Waals surface area contributed by atoms with E-state index in [0.29, 0.717) is 23.8 Å². The molecule has 1 aliphatic carbocycles. The molecule has 1 N–H and O–H groups in total. The van der Waals surface area contributed by atoms with Gasteiger partial charge in [0.25, 0.3) is 0 Å². The van der Waals surface area contributed by atoms with Crippen LogP contribution in [0.4, 0.5) is 10.1 Å². The normalized spacial score (nSPS) is 15.8. The highest BCUT2D eigenvalue weighted by molar-refractivity contribution is 7.91. The summed E-state index contributed by atoms with van der Waals surface area (Å²) in [7, 11) is -1.52. The first-order valence-corrected chi connectivity index (χ1v) is 11.1. The van der Waals surface area contributed by atoms with Crippen molar-refractivity contribution in [3.05, 3.63) is 65.5 Å². The Labute approximate surface area is 161 Å². The number of hydrogen-bond donors (Lipinski definition) is 1. The lowest BCUT2D eigenvalue weighted by Gasteiger charge is -2.31. The third-order valence-corrected chi connectivity index (χ3v) is 6.39. The van der Waals surface area contributed by atoms with Crippen LogP contribution in [0.2, 0.25) is 0 Å². The van der Waals surface area contributed by atoms with Crippen molar-refractivity contribution < 1.29 is 12.8 Å². The predicted octanol–water partition coefficient (Wildman–Crippen LogP) is 4.53. The van der Waals surface area contributed by atoms with Gasteiger partial charge in [-0.1, -0.05) is 49.6 Å². The van der Waals surface area contributed by atoms with Crippen LogP contribution < -0.4 is 4.72 Å². The van der Waals surface area contributed by atoms with Gasteiger partial charge in [-0.2, -0.15) is 0 Å². The van der Waals surface area contributed by atoms with Gasteiger partial charge in [-0.05, 0) is 49.2 Å². The fourth-order valence-corrected chi connectivity index (χ4v) is 4.95. The van der Waals surface area contributed by atoms with Crippen LogP contribution in [-0.2, 0) is 22.3 Å². The lowest BCUT2D eigenvalue weighted by Crippen LogP contribution is -2.33. The lowest BCUT2D eigenvalue weighted by molar-refractivity contribution is 0.185. The molecule has 0 bridgehead atoms. The molecular formula is C21H27FN2O2S. The van der Waals surface area contributed by atoms with Crippen LogP contribution in [0, 0.1) is 5.82 Å². The van der Waals surface area contributed by atoms with Crippen LogP contribution in [0.25, 0.3) is 0 Å². The number of nitrogens with zero attached hydrogens (tertiary/aromatic N) is 1. The highest BCUT2D eigenvalue weighted by Crippen LogP contribution is 2.25. The first-order chi connectivity index (χ1) is 12.9. The molecule has 0 radical (unpaired) electrons. The van der Waals surface area contributed by atoms with E-state index in [-0.39, 0.29) is 5.75 Å². The average molecular weight is 391 g/mol. The van der Waals surface area contributed by atoms with E-state index in [0.717, 1.165) is 5.56 Å².